The normalized spacial score (nSPS) is 18.8. The van der Waals surface area contributed by atoms with E-state index >= 15 is 0 Å². The van der Waals surface area contributed by atoms with Gasteiger partial charge in [-0.25, -0.2) is 4.98 Å². The number of alkyl halides is 3. The van der Waals surface area contributed by atoms with Crippen LogP contribution in [0.15, 0.2) is 29.6 Å². The number of aromatic amines is 1. The van der Waals surface area contributed by atoms with Crippen molar-refractivity contribution in [2.45, 2.75) is 30.3 Å². The highest BCUT2D eigenvalue weighted by molar-refractivity contribution is 7.84. The number of imidazole rings is 1. The van der Waals surface area contributed by atoms with E-state index in [9.17, 15) is 17.4 Å². The number of benzene rings is 1. The molecule has 0 bridgehead atoms. The van der Waals surface area contributed by atoms with Gasteiger partial charge in [0.05, 0.1) is 40.4 Å². The average Bonchev–Trinajstić information content (AvgIpc) is 3.05. The summed E-state index contributed by atoms with van der Waals surface area (Å²) in [6, 6.07) is 4.15. The Labute approximate surface area is 159 Å². The molecule has 2 unspecified atom stereocenters. The van der Waals surface area contributed by atoms with E-state index in [-0.39, 0.29) is 27.9 Å². The Morgan fingerprint density at radius 1 is 1.36 bits per heavy atom. The molecule has 2 atom stereocenters. The number of halogens is 3. The van der Waals surface area contributed by atoms with Gasteiger partial charge in [0.1, 0.15) is 5.75 Å². The van der Waals surface area contributed by atoms with Gasteiger partial charge < -0.3 is 19.2 Å². The summed E-state index contributed by atoms with van der Waals surface area (Å²) in [5.74, 6) is 0.147. The Bertz CT molecular complexity index is 1090. The molecule has 0 spiro atoms. The second kappa shape index (κ2) is 6.66. The lowest BCUT2D eigenvalue weighted by molar-refractivity contribution is -0.281. The SMILES string of the molecule is COc1ccnc(CS(=O)c2nc3cc4c(cc3[nH]2)OC(F)(F)C(F)O4)c1C. The summed E-state index contributed by atoms with van der Waals surface area (Å²) in [7, 11) is -0.0724. The number of hydrogen-bond donors (Lipinski definition) is 1. The quantitative estimate of drug-likeness (QED) is 0.707. The standard InChI is InChI=1S/C17H14F3N3O4S/c1-8-11(21-4-3-12(8)25-2)7-28(24)16-22-9-5-13-14(6-10(9)23-16)27-17(19,20)15(18)26-13/h3-6,15H,7H2,1-2H3,(H,22,23). The number of ether oxygens (including phenoxy) is 3. The molecule has 7 nitrogen and oxygen atoms in total. The Morgan fingerprint density at radius 3 is 2.89 bits per heavy atom. The summed E-state index contributed by atoms with van der Waals surface area (Å²) in [6.45, 7) is 1.80. The van der Waals surface area contributed by atoms with Crippen LogP contribution in [0.3, 0.4) is 0 Å². The van der Waals surface area contributed by atoms with Crippen LogP contribution in [0.1, 0.15) is 11.3 Å². The van der Waals surface area contributed by atoms with Gasteiger partial charge in [0.25, 0.3) is 0 Å². The minimum absolute atomic E-state index is 0.0696. The maximum Gasteiger partial charge on any atom is 0.468 e. The van der Waals surface area contributed by atoms with Crippen LogP contribution in [-0.4, -0.2) is 38.7 Å². The highest BCUT2D eigenvalue weighted by atomic mass is 32.2. The fourth-order valence-electron chi connectivity index (χ4n) is 2.77. The van der Waals surface area contributed by atoms with Gasteiger partial charge in [0, 0.05) is 23.9 Å². The Balaban J connectivity index is 1.64. The van der Waals surface area contributed by atoms with Crippen LogP contribution in [0, 0.1) is 6.92 Å². The number of fused-ring (bicyclic) bond motifs is 2. The van der Waals surface area contributed by atoms with Crippen molar-refractivity contribution in [2.24, 2.45) is 0 Å². The number of pyridine rings is 1. The lowest BCUT2D eigenvalue weighted by Gasteiger charge is -2.28. The monoisotopic (exact) mass is 413 g/mol. The third kappa shape index (κ3) is 3.15. The van der Waals surface area contributed by atoms with Gasteiger partial charge in [-0.05, 0) is 13.0 Å². The van der Waals surface area contributed by atoms with Gasteiger partial charge in [-0.1, -0.05) is 0 Å². The molecule has 0 radical (unpaired) electrons. The van der Waals surface area contributed by atoms with Crippen molar-refractivity contribution in [3.05, 3.63) is 35.7 Å². The molecule has 0 saturated carbocycles. The highest BCUT2D eigenvalue weighted by Gasteiger charge is 2.49. The number of methoxy groups -OCH3 is 1. The van der Waals surface area contributed by atoms with Crippen LogP contribution in [-0.2, 0) is 16.6 Å². The van der Waals surface area contributed by atoms with E-state index in [0.29, 0.717) is 17.0 Å². The number of rotatable bonds is 4. The minimum atomic E-state index is -4.10. The lowest BCUT2D eigenvalue weighted by Crippen LogP contribution is -2.43. The van der Waals surface area contributed by atoms with Crippen molar-refractivity contribution >= 4 is 21.8 Å². The van der Waals surface area contributed by atoms with Gasteiger partial charge >= 0.3 is 12.5 Å². The van der Waals surface area contributed by atoms with Crippen LogP contribution >= 0.6 is 0 Å². The first-order chi connectivity index (χ1) is 13.3. The fourth-order valence-corrected chi connectivity index (χ4v) is 3.87. The van der Waals surface area contributed by atoms with Gasteiger partial charge in [-0.2, -0.15) is 13.2 Å². The predicted octanol–water partition coefficient (Wildman–Crippen LogP) is 3.24. The summed E-state index contributed by atoms with van der Waals surface area (Å²) < 4.78 is 66.9. The van der Waals surface area contributed by atoms with Crippen molar-refractivity contribution in [1.29, 1.82) is 0 Å². The van der Waals surface area contributed by atoms with Gasteiger partial charge in [0.15, 0.2) is 16.7 Å². The lowest BCUT2D eigenvalue weighted by atomic mass is 10.2. The number of nitrogens with one attached hydrogen (secondary N) is 1. The van der Waals surface area contributed by atoms with E-state index in [1.807, 2.05) is 0 Å². The predicted molar refractivity (Wildman–Crippen MR) is 92.8 cm³/mol. The smallest absolute Gasteiger partial charge is 0.468 e. The minimum Gasteiger partial charge on any atom is -0.496 e. The Morgan fingerprint density at radius 2 is 2.14 bits per heavy atom. The third-order valence-corrected chi connectivity index (χ3v) is 5.39. The first-order valence-corrected chi connectivity index (χ1v) is 9.38. The second-order valence-corrected chi connectivity index (χ2v) is 7.40. The first kappa shape index (κ1) is 18.5. The van der Waals surface area contributed by atoms with E-state index in [1.165, 1.54) is 19.2 Å². The van der Waals surface area contributed by atoms with Crippen molar-refractivity contribution in [1.82, 2.24) is 15.0 Å². The van der Waals surface area contributed by atoms with E-state index < -0.39 is 23.3 Å². The topological polar surface area (TPSA) is 86.3 Å². The molecule has 0 saturated heterocycles. The molecular weight excluding hydrogens is 399 g/mol. The maximum atomic E-state index is 13.3. The number of nitrogens with zero attached hydrogens (tertiary/aromatic N) is 2. The van der Waals surface area contributed by atoms with Gasteiger partial charge in [-0.15, -0.1) is 0 Å². The molecule has 1 aliphatic rings. The number of H-pyrrole nitrogens is 1. The highest BCUT2D eigenvalue weighted by Crippen LogP contribution is 2.42. The van der Waals surface area contributed by atoms with Gasteiger partial charge in [-0.3, -0.25) is 9.19 Å². The fraction of sp³-hybridized carbons (Fsp3) is 0.294. The third-order valence-electron chi connectivity index (χ3n) is 4.23. The molecule has 4 rings (SSSR count). The Hall–Kier alpha value is -2.82. The number of hydrogen-bond acceptors (Lipinski definition) is 6. The zero-order valence-electron chi connectivity index (χ0n) is 14.7. The molecule has 0 amide bonds. The molecule has 11 heteroatoms. The summed E-state index contributed by atoms with van der Waals surface area (Å²) in [6.07, 6.45) is -5.47. The van der Waals surface area contributed by atoms with Crippen molar-refractivity contribution in [3.8, 4) is 17.2 Å². The van der Waals surface area contributed by atoms with Gasteiger partial charge in [0.2, 0.25) is 0 Å². The molecule has 0 aliphatic carbocycles. The maximum absolute atomic E-state index is 13.3. The van der Waals surface area contributed by atoms with E-state index in [4.69, 9.17) is 4.74 Å². The molecule has 3 aromatic rings. The zero-order chi connectivity index (χ0) is 20.1. The summed E-state index contributed by atoms with van der Waals surface area (Å²) >= 11 is 0. The number of aromatic nitrogens is 3. The van der Waals surface area contributed by atoms with E-state index in [1.54, 1.807) is 19.2 Å². The molecule has 1 aromatic carbocycles. The Kier molecular flexibility index (Phi) is 4.41. The van der Waals surface area contributed by atoms with E-state index in [0.717, 1.165) is 5.56 Å². The molecule has 0 fully saturated rings. The molecular formula is C17H14F3N3O4S. The summed E-state index contributed by atoms with van der Waals surface area (Å²) in [5, 5.41) is 0.116. The van der Waals surface area contributed by atoms with Crippen LogP contribution in [0.2, 0.25) is 0 Å². The largest absolute Gasteiger partial charge is 0.496 e. The van der Waals surface area contributed by atoms with Crippen molar-refractivity contribution in [3.63, 3.8) is 0 Å². The molecule has 28 heavy (non-hydrogen) atoms. The molecule has 1 aliphatic heterocycles. The molecule has 3 heterocycles. The van der Waals surface area contributed by atoms with E-state index in [2.05, 4.69) is 24.4 Å². The molecule has 148 valence electrons. The molecule has 2 aromatic heterocycles. The average molecular weight is 413 g/mol. The summed E-state index contributed by atoms with van der Waals surface area (Å²) in [4.78, 5) is 11.2. The second-order valence-electron chi connectivity index (χ2n) is 6.03. The van der Waals surface area contributed by atoms with Crippen molar-refractivity contribution in [2.75, 3.05) is 7.11 Å². The molecule has 1 N–H and O–H groups in total. The van der Waals surface area contributed by atoms with Crippen LogP contribution in [0.4, 0.5) is 13.2 Å². The van der Waals surface area contributed by atoms with Crippen LogP contribution in [0.25, 0.3) is 11.0 Å². The zero-order valence-corrected chi connectivity index (χ0v) is 15.5. The van der Waals surface area contributed by atoms with Crippen LogP contribution < -0.4 is 14.2 Å². The summed E-state index contributed by atoms with van der Waals surface area (Å²) in [5.41, 5.74) is 1.90. The first-order valence-electron chi connectivity index (χ1n) is 8.06. The van der Waals surface area contributed by atoms with Crippen LogP contribution in [0.5, 0.6) is 17.2 Å². The van der Waals surface area contributed by atoms with Crippen molar-refractivity contribution < 1.29 is 31.6 Å².